The first-order chi connectivity index (χ1) is 10.4. The molecule has 0 aliphatic heterocycles. The third kappa shape index (κ3) is 2.68. The van der Waals surface area contributed by atoms with Gasteiger partial charge >= 0.3 is 6.18 Å². The van der Waals surface area contributed by atoms with Crippen molar-refractivity contribution in [3.63, 3.8) is 0 Å². The van der Waals surface area contributed by atoms with Gasteiger partial charge in [-0.05, 0) is 24.2 Å². The van der Waals surface area contributed by atoms with Gasteiger partial charge in [-0.15, -0.1) is 21.5 Å². The van der Waals surface area contributed by atoms with Crippen molar-refractivity contribution >= 4 is 33.3 Å². The number of rotatable bonds is 3. The van der Waals surface area contributed by atoms with Crippen LogP contribution in [0.25, 0.3) is 10.2 Å². The zero-order valence-electron chi connectivity index (χ0n) is 11.5. The van der Waals surface area contributed by atoms with Crippen molar-refractivity contribution in [2.24, 2.45) is 7.05 Å². The summed E-state index contributed by atoms with van der Waals surface area (Å²) in [5, 5.41) is 8.36. The maximum absolute atomic E-state index is 12.7. The molecule has 3 heterocycles. The Bertz CT molecular complexity index is 824. The van der Waals surface area contributed by atoms with Crippen molar-refractivity contribution < 1.29 is 13.2 Å². The average molecular weight is 345 g/mol. The Morgan fingerprint density at radius 2 is 2.05 bits per heavy atom. The van der Waals surface area contributed by atoms with Crippen LogP contribution in [-0.4, -0.2) is 24.7 Å². The second-order valence-corrected chi connectivity index (χ2v) is 6.50. The second-order valence-electron chi connectivity index (χ2n) is 4.43. The van der Waals surface area contributed by atoms with Crippen molar-refractivity contribution in [1.82, 2.24) is 24.7 Å². The maximum Gasteiger partial charge on any atom is 0.451 e. The van der Waals surface area contributed by atoms with Crippen LogP contribution in [0.5, 0.6) is 0 Å². The molecule has 0 unspecified atom stereocenters. The van der Waals surface area contributed by atoms with Gasteiger partial charge in [-0.25, -0.2) is 9.97 Å². The van der Waals surface area contributed by atoms with E-state index in [4.69, 9.17) is 0 Å². The summed E-state index contributed by atoms with van der Waals surface area (Å²) in [4.78, 5) is 10.3. The summed E-state index contributed by atoms with van der Waals surface area (Å²) in [5.41, 5.74) is 0. The molecule has 0 aromatic carbocycles. The second kappa shape index (κ2) is 5.51. The van der Waals surface area contributed by atoms with E-state index in [1.807, 2.05) is 13.0 Å². The van der Waals surface area contributed by atoms with E-state index in [0.29, 0.717) is 5.03 Å². The van der Waals surface area contributed by atoms with Crippen LogP contribution >= 0.6 is 23.1 Å². The van der Waals surface area contributed by atoms with E-state index in [1.54, 1.807) is 11.3 Å². The highest BCUT2D eigenvalue weighted by Crippen LogP contribution is 2.36. The molecule has 0 saturated heterocycles. The molecule has 5 nitrogen and oxygen atoms in total. The van der Waals surface area contributed by atoms with E-state index in [1.165, 1.54) is 13.4 Å². The molecule has 0 atom stereocenters. The minimum absolute atomic E-state index is 0.136. The first-order valence-electron chi connectivity index (χ1n) is 6.28. The molecule has 3 aromatic heterocycles. The summed E-state index contributed by atoms with van der Waals surface area (Å²) < 4.78 is 39.2. The fourth-order valence-corrected chi connectivity index (χ4v) is 3.72. The molecule has 0 aliphatic rings. The largest absolute Gasteiger partial charge is 0.451 e. The summed E-state index contributed by atoms with van der Waals surface area (Å²) in [5.74, 6) is -1.03. The van der Waals surface area contributed by atoms with Gasteiger partial charge in [-0.2, -0.15) is 13.2 Å². The summed E-state index contributed by atoms with van der Waals surface area (Å²) in [6.45, 7) is 2.03. The lowest BCUT2D eigenvalue weighted by Crippen LogP contribution is -2.12. The monoisotopic (exact) mass is 345 g/mol. The predicted octanol–water partition coefficient (Wildman–Crippen LogP) is 3.55. The highest BCUT2D eigenvalue weighted by atomic mass is 32.2. The Balaban J connectivity index is 2.00. The molecule has 0 amide bonds. The number of alkyl halides is 3. The quantitative estimate of drug-likeness (QED) is 0.680. The van der Waals surface area contributed by atoms with Gasteiger partial charge in [0, 0.05) is 17.3 Å². The van der Waals surface area contributed by atoms with Gasteiger partial charge in [0.15, 0.2) is 5.16 Å². The average Bonchev–Trinajstić information content (AvgIpc) is 3.03. The fourth-order valence-electron chi connectivity index (χ4n) is 1.88. The van der Waals surface area contributed by atoms with Gasteiger partial charge in [0.05, 0.1) is 0 Å². The van der Waals surface area contributed by atoms with Crippen LogP contribution in [0.1, 0.15) is 17.6 Å². The van der Waals surface area contributed by atoms with E-state index in [2.05, 4.69) is 20.2 Å². The normalized spacial score (nSPS) is 12.2. The zero-order valence-corrected chi connectivity index (χ0v) is 13.2. The molecule has 3 rings (SSSR count). The first kappa shape index (κ1) is 15.2. The number of thiophene rings is 1. The minimum Gasteiger partial charge on any atom is -0.301 e. The number of aryl methyl sites for hydroxylation is 1. The van der Waals surface area contributed by atoms with Crippen LogP contribution < -0.4 is 0 Å². The first-order valence-corrected chi connectivity index (χ1v) is 7.91. The highest BCUT2D eigenvalue weighted by Gasteiger charge is 2.37. The Morgan fingerprint density at radius 3 is 2.68 bits per heavy atom. The zero-order chi connectivity index (χ0) is 15.9. The molecule has 0 saturated carbocycles. The lowest BCUT2D eigenvalue weighted by Gasteiger charge is -2.06. The molecule has 22 heavy (non-hydrogen) atoms. The van der Waals surface area contributed by atoms with Gasteiger partial charge in [0.1, 0.15) is 16.2 Å². The third-order valence-corrected chi connectivity index (χ3v) is 5.21. The molecular weight excluding hydrogens is 335 g/mol. The van der Waals surface area contributed by atoms with Crippen LogP contribution in [0.15, 0.2) is 22.6 Å². The smallest absolute Gasteiger partial charge is 0.301 e. The minimum atomic E-state index is -4.53. The molecule has 3 aromatic rings. The highest BCUT2D eigenvalue weighted by molar-refractivity contribution is 7.99. The van der Waals surface area contributed by atoms with E-state index < -0.39 is 12.0 Å². The molecule has 0 bridgehead atoms. The maximum atomic E-state index is 12.7. The number of fused-ring (bicyclic) bond motifs is 1. The number of hydrogen-bond donors (Lipinski definition) is 0. The number of halogens is 3. The standard InChI is InChI=1S/C12H10F3N5S2/c1-3-6-4-7-8(21-6)16-5-17-9(7)22-11-19-18-10(20(11)2)12(13,14)15/h4-5H,3H2,1-2H3. The third-order valence-electron chi connectivity index (χ3n) is 2.97. The summed E-state index contributed by atoms with van der Waals surface area (Å²) in [6, 6.07) is 1.96. The van der Waals surface area contributed by atoms with Crippen molar-refractivity contribution in [1.29, 1.82) is 0 Å². The van der Waals surface area contributed by atoms with Crippen molar-refractivity contribution in [3.05, 3.63) is 23.1 Å². The van der Waals surface area contributed by atoms with Gasteiger partial charge in [-0.3, -0.25) is 0 Å². The lowest BCUT2D eigenvalue weighted by molar-refractivity contribution is -0.147. The Labute approximate surface area is 131 Å². The lowest BCUT2D eigenvalue weighted by atomic mass is 10.3. The van der Waals surface area contributed by atoms with Crippen LogP contribution in [0.2, 0.25) is 0 Å². The predicted molar refractivity (Wildman–Crippen MR) is 76.9 cm³/mol. The van der Waals surface area contributed by atoms with Gasteiger partial charge in [-0.1, -0.05) is 6.92 Å². The molecule has 0 fully saturated rings. The van der Waals surface area contributed by atoms with Crippen LogP contribution in [-0.2, 0) is 19.6 Å². The summed E-state index contributed by atoms with van der Waals surface area (Å²) in [7, 11) is 1.29. The number of aromatic nitrogens is 5. The van der Waals surface area contributed by atoms with E-state index in [0.717, 1.165) is 37.8 Å². The molecule has 0 aliphatic carbocycles. The molecule has 0 spiro atoms. The summed E-state index contributed by atoms with van der Waals surface area (Å²) >= 11 is 2.60. The van der Waals surface area contributed by atoms with Crippen molar-refractivity contribution in [2.75, 3.05) is 0 Å². The van der Waals surface area contributed by atoms with Crippen molar-refractivity contribution in [2.45, 2.75) is 29.7 Å². The fraction of sp³-hybridized carbons (Fsp3) is 0.333. The van der Waals surface area contributed by atoms with E-state index in [9.17, 15) is 13.2 Å². The Hall–Kier alpha value is -1.68. The molecule has 0 N–H and O–H groups in total. The van der Waals surface area contributed by atoms with E-state index >= 15 is 0 Å². The molecular formula is C12H10F3N5S2. The number of hydrogen-bond acceptors (Lipinski definition) is 6. The van der Waals surface area contributed by atoms with Crippen LogP contribution in [0.3, 0.4) is 0 Å². The van der Waals surface area contributed by atoms with Crippen molar-refractivity contribution in [3.8, 4) is 0 Å². The Kier molecular flexibility index (Phi) is 3.81. The van der Waals surface area contributed by atoms with E-state index in [-0.39, 0.29) is 5.16 Å². The number of nitrogens with zero attached hydrogens (tertiary/aromatic N) is 5. The van der Waals surface area contributed by atoms with Gasteiger partial charge in [0.25, 0.3) is 0 Å². The van der Waals surface area contributed by atoms with Crippen LogP contribution in [0, 0.1) is 0 Å². The summed E-state index contributed by atoms with van der Waals surface area (Å²) in [6.07, 6.45) is -2.26. The van der Waals surface area contributed by atoms with Gasteiger partial charge in [0.2, 0.25) is 5.82 Å². The SMILES string of the molecule is CCc1cc2c(Sc3nnc(C(F)(F)F)n3C)ncnc2s1. The molecule has 10 heteroatoms. The van der Waals surface area contributed by atoms with Crippen LogP contribution in [0.4, 0.5) is 13.2 Å². The topological polar surface area (TPSA) is 56.5 Å². The molecule has 116 valence electrons. The Morgan fingerprint density at radius 1 is 1.27 bits per heavy atom. The molecule has 0 radical (unpaired) electrons. The van der Waals surface area contributed by atoms with Gasteiger partial charge < -0.3 is 4.57 Å².